The summed E-state index contributed by atoms with van der Waals surface area (Å²) >= 11 is 0. The molecule has 0 unspecified atom stereocenters. The van der Waals surface area contributed by atoms with Crippen LogP contribution < -0.4 is 9.64 Å². The SMILES string of the molecule is C/C=C/C(=O)N(CCC(=O)c1ccccc1)c1ccccc1OC. The van der Waals surface area contributed by atoms with Crippen molar-refractivity contribution < 1.29 is 14.3 Å². The lowest BCUT2D eigenvalue weighted by atomic mass is 10.1. The third-order valence-corrected chi connectivity index (χ3v) is 3.61. The van der Waals surface area contributed by atoms with Crippen molar-refractivity contribution in [3.63, 3.8) is 0 Å². The number of Topliss-reactive ketones (excluding diaryl/α,β-unsaturated/α-hetero) is 1. The third-order valence-electron chi connectivity index (χ3n) is 3.61. The van der Waals surface area contributed by atoms with Crippen molar-refractivity contribution in [2.24, 2.45) is 0 Å². The Bertz CT molecular complexity index is 723. The first-order valence-electron chi connectivity index (χ1n) is 7.83. The van der Waals surface area contributed by atoms with Crippen LogP contribution in [0.4, 0.5) is 5.69 Å². The Morgan fingerprint density at radius 1 is 1.04 bits per heavy atom. The number of nitrogens with zero attached hydrogens (tertiary/aromatic N) is 1. The molecule has 0 spiro atoms. The number of allylic oxidation sites excluding steroid dienone is 1. The highest BCUT2D eigenvalue weighted by Gasteiger charge is 2.18. The summed E-state index contributed by atoms with van der Waals surface area (Å²) in [5.74, 6) is 0.425. The summed E-state index contributed by atoms with van der Waals surface area (Å²) in [6.45, 7) is 2.07. The summed E-state index contributed by atoms with van der Waals surface area (Å²) in [6.07, 6.45) is 3.41. The second-order valence-corrected chi connectivity index (χ2v) is 5.20. The predicted molar refractivity (Wildman–Crippen MR) is 95.6 cm³/mol. The molecular formula is C20H21NO3. The molecule has 2 rings (SSSR count). The molecule has 0 aliphatic heterocycles. The van der Waals surface area contributed by atoms with Crippen LogP contribution in [0.5, 0.6) is 5.75 Å². The van der Waals surface area contributed by atoms with Gasteiger partial charge in [-0.1, -0.05) is 48.5 Å². The van der Waals surface area contributed by atoms with E-state index in [2.05, 4.69) is 0 Å². The Morgan fingerprint density at radius 3 is 2.38 bits per heavy atom. The van der Waals surface area contributed by atoms with E-state index < -0.39 is 0 Å². The molecular weight excluding hydrogens is 302 g/mol. The van der Waals surface area contributed by atoms with Crippen LogP contribution in [-0.2, 0) is 4.79 Å². The Hall–Kier alpha value is -2.88. The molecule has 0 saturated carbocycles. The predicted octanol–water partition coefficient (Wildman–Crippen LogP) is 3.88. The minimum atomic E-state index is -0.178. The van der Waals surface area contributed by atoms with Crippen molar-refractivity contribution in [3.05, 3.63) is 72.3 Å². The number of anilines is 1. The molecule has 0 heterocycles. The molecule has 4 nitrogen and oxygen atoms in total. The topological polar surface area (TPSA) is 46.6 Å². The van der Waals surface area contributed by atoms with Crippen molar-refractivity contribution in [1.29, 1.82) is 0 Å². The molecule has 2 aromatic rings. The van der Waals surface area contributed by atoms with Gasteiger partial charge >= 0.3 is 0 Å². The zero-order valence-corrected chi connectivity index (χ0v) is 13.9. The molecule has 0 atom stereocenters. The number of carbonyl (C=O) groups excluding carboxylic acids is 2. The van der Waals surface area contributed by atoms with Crippen LogP contribution in [-0.4, -0.2) is 25.3 Å². The molecule has 0 bridgehead atoms. The van der Waals surface area contributed by atoms with Gasteiger partial charge in [0.1, 0.15) is 5.75 Å². The van der Waals surface area contributed by atoms with Crippen molar-refractivity contribution in [3.8, 4) is 5.75 Å². The first kappa shape index (κ1) is 17.5. The van der Waals surface area contributed by atoms with E-state index in [0.29, 0.717) is 17.0 Å². The number of ketones is 1. The van der Waals surface area contributed by atoms with E-state index >= 15 is 0 Å². The van der Waals surface area contributed by atoms with Gasteiger partial charge < -0.3 is 9.64 Å². The molecule has 24 heavy (non-hydrogen) atoms. The van der Waals surface area contributed by atoms with Crippen LogP contribution in [0.15, 0.2) is 66.7 Å². The quantitative estimate of drug-likeness (QED) is 0.574. The van der Waals surface area contributed by atoms with E-state index in [1.54, 1.807) is 43.2 Å². The highest BCUT2D eigenvalue weighted by molar-refractivity contribution is 6.03. The molecule has 0 N–H and O–H groups in total. The van der Waals surface area contributed by atoms with Gasteiger partial charge in [-0.2, -0.15) is 0 Å². The average Bonchev–Trinajstić information content (AvgIpc) is 2.63. The number of hydrogen-bond donors (Lipinski definition) is 0. The van der Waals surface area contributed by atoms with E-state index in [0.717, 1.165) is 0 Å². The van der Waals surface area contributed by atoms with Crippen molar-refractivity contribution in [2.75, 3.05) is 18.6 Å². The van der Waals surface area contributed by atoms with E-state index in [4.69, 9.17) is 4.74 Å². The summed E-state index contributed by atoms with van der Waals surface area (Å²) in [5, 5.41) is 0. The van der Waals surface area contributed by atoms with Gasteiger partial charge in [-0.15, -0.1) is 0 Å². The molecule has 0 aromatic heterocycles. The second-order valence-electron chi connectivity index (χ2n) is 5.20. The van der Waals surface area contributed by atoms with Crippen LogP contribution in [0.2, 0.25) is 0 Å². The van der Waals surface area contributed by atoms with Gasteiger partial charge in [0.05, 0.1) is 12.8 Å². The Morgan fingerprint density at radius 2 is 1.71 bits per heavy atom. The third kappa shape index (κ3) is 4.32. The molecule has 1 amide bonds. The van der Waals surface area contributed by atoms with Crippen LogP contribution in [0.3, 0.4) is 0 Å². The van der Waals surface area contributed by atoms with E-state index in [-0.39, 0.29) is 24.7 Å². The first-order chi connectivity index (χ1) is 11.7. The summed E-state index contributed by atoms with van der Waals surface area (Å²) in [6, 6.07) is 16.4. The first-order valence-corrected chi connectivity index (χ1v) is 7.83. The molecule has 2 aromatic carbocycles. The van der Waals surface area contributed by atoms with Crippen LogP contribution in [0.1, 0.15) is 23.7 Å². The van der Waals surface area contributed by atoms with Crippen molar-refractivity contribution in [1.82, 2.24) is 0 Å². The summed E-state index contributed by atoms with van der Waals surface area (Å²) in [5.41, 5.74) is 1.31. The Labute approximate surface area is 142 Å². The standard InChI is InChI=1S/C20H21NO3/c1-3-9-20(23)21(17-12-7-8-13-19(17)24-2)15-14-18(22)16-10-5-4-6-11-16/h3-13H,14-15H2,1-2H3/b9-3+. The maximum Gasteiger partial charge on any atom is 0.250 e. The van der Waals surface area contributed by atoms with Gasteiger partial charge in [0.15, 0.2) is 5.78 Å². The number of benzene rings is 2. The molecule has 0 aliphatic rings. The van der Waals surface area contributed by atoms with Crippen molar-refractivity contribution >= 4 is 17.4 Å². The fourth-order valence-corrected chi connectivity index (χ4v) is 2.42. The minimum Gasteiger partial charge on any atom is -0.495 e. The number of ether oxygens (including phenoxy) is 1. The highest BCUT2D eigenvalue weighted by Crippen LogP contribution is 2.28. The molecule has 124 valence electrons. The monoisotopic (exact) mass is 323 g/mol. The summed E-state index contributed by atoms with van der Waals surface area (Å²) in [7, 11) is 1.56. The molecule has 0 saturated heterocycles. The number of carbonyl (C=O) groups is 2. The highest BCUT2D eigenvalue weighted by atomic mass is 16.5. The lowest BCUT2D eigenvalue weighted by Crippen LogP contribution is -2.32. The van der Waals surface area contributed by atoms with Crippen LogP contribution in [0, 0.1) is 0 Å². The number of para-hydroxylation sites is 2. The van der Waals surface area contributed by atoms with Crippen LogP contribution in [0.25, 0.3) is 0 Å². The summed E-state index contributed by atoms with van der Waals surface area (Å²) in [4.78, 5) is 26.3. The number of hydrogen-bond acceptors (Lipinski definition) is 3. The van der Waals surface area contributed by atoms with Crippen LogP contribution >= 0.6 is 0 Å². The van der Waals surface area contributed by atoms with Crippen molar-refractivity contribution in [2.45, 2.75) is 13.3 Å². The van der Waals surface area contributed by atoms with Gasteiger partial charge in [-0.05, 0) is 25.1 Å². The lowest BCUT2D eigenvalue weighted by Gasteiger charge is -2.23. The Kier molecular flexibility index (Phi) is 6.32. The Balaban J connectivity index is 2.21. The fraction of sp³-hybridized carbons (Fsp3) is 0.200. The van der Waals surface area contributed by atoms with E-state index in [1.807, 2.05) is 36.4 Å². The van der Waals surface area contributed by atoms with E-state index in [9.17, 15) is 9.59 Å². The summed E-state index contributed by atoms with van der Waals surface area (Å²) < 4.78 is 5.34. The van der Waals surface area contributed by atoms with Gasteiger partial charge in [0, 0.05) is 18.5 Å². The van der Waals surface area contributed by atoms with Gasteiger partial charge in [-0.3, -0.25) is 9.59 Å². The molecule has 0 radical (unpaired) electrons. The lowest BCUT2D eigenvalue weighted by molar-refractivity contribution is -0.114. The van der Waals surface area contributed by atoms with Gasteiger partial charge in [0.25, 0.3) is 5.91 Å². The van der Waals surface area contributed by atoms with Gasteiger partial charge in [-0.25, -0.2) is 0 Å². The smallest absolute Gasteiger partial charge is 0.250 e. The maximum absolute atomic E-state index is 12.4. The van der Waals surface area contributed by atoms with Gasteiger partial charge in [0.2, 0.25) is 0 Å². The molecule has 0 aliphatic carbocycles. The second kappa shape index (κ2) is 8.67. The number of amides is 1. The fourth-order valence-electron chi connectivity index (χ4n) is 2.42. The zero-order valence-electron chi connectivity index (χ0n) is 13.9. The maximum atomic E-state index is 12.4. The molecule has 4 heteroatoms. The normalized spacial score (nSPS) is 10.6. The molecule has 0 fully saturated rings. The number of methoxy groups -OCH3 is 1. The largest absolute Gasteiger partial charge is 0.495 e. The zero-order chi connectivity index (χ0) is 17.4. The average molecular weight is 323 g/mol. The van der Waals surface area contributed by atoms with E-state index in [1.165, 1.54) is 6.08 Å². The minimum absolute atomic E-state index is 0.00350. The number of rotatable bonds is 7.